The van der Waals surface area contributed by atoms with Crippen LogP contribution in [0, 0.1) is 12.8 Å². The van der Waals surface area contributed by atoms with Crippen molar-refractivity contribution in [3.8, 4) is 0 Å². The third-order valence-corrected chi connectivity index (χ3v) is 3.94. The van der Waals surface area contributed by atoms with Crippen LogP contribution in [0.4, 0.5) is 0 Å². The number of esters is 1. The van der Waals surface area contributed by atoms with Crippen LogP contribution in [0.2, 0.25) is 0 Å². The van der Waals surface area contributed by atoms with Crippen LogP contribution in [0.5, 0.6) is 0 Å². The van der Waals surface area contributed by atoms with E-state index in [-0.39, 0.29) is 11.8 Å². The molecule has 1 atom stereocenters. The van der Waals surface area contributed by atoms with Gasteiger partial charge >= 0.3 is 5.97 Å². The molecule has 5 heteroatoms. The van der Waals surface area contributed by atoms with Gasteiger partial charge in [0.15, 0.2) is 0 Å². The summed E-state index contributed by atoms with van der Waals surface area (Å²) in [6.45, 7) is 6.39. The second kappa shape index (κ2) is 7.31. The van der Waals surface area contributed by atoms with Gasteiger partial charge in [0, 0.05) is 24.7 Å². The summed E-state index contributed by atoms with van der Waals surface area (Å²) >= 11 is 0. The lowest BCUT2D eigenvalue weighted by molar-refractivity contribution is -0.146. The molecule has 0 bridgehead atoms. The summed E-state index contributed by atoms with van der Waals surface area (Å²) in [6, 6.07) is 7.69. The molecule has 0 radical (unpaired) electrons. The largest absolute Gasteiger partial charge is 0.467 e. The molecule has 1 heterocycles. The molecule has 0 saturated heterocycles. The predicted molar refractivity (Wildman–Crippen MR) is 90.1 cm³/mol. The quantitative estimate of drug-likeness (QED) is 0.834. The van der Waals surface area contributed by atoms with Crippen molar-refractivity contribution in [3.05, 3.63) is 36.0 Å². The Morgan fingerprint density at radius 2 is 2.00 bits per heavy atom. The summed E-state index contributed by atoms with van der Waals surface area (Å²) < 4.78 is 6.79. The molecule has 2 rings (SSSR count). The van der Waals surface area contributed by atoms with Gasteiger partial charge < -0.3 is 14.6 Å². The molecule has 23 heavy (non-hydrogen) atoms. The molecule has 0 aliphatic rings. The SMILES string of the molecule is COC(=O)C(NC(=O)CCn1ccc2cc(C)ccc21)C(C)C. The summed E-state index contributed by atoms with van der Waals surface area (Å²) in [4.78, 5) is 23.8. The van der Waals surface area contributed by atoms with Gasteiger partial charge in [-0.3, -0.25) is 4.79 Å². The van der Waals surface area contributed by atoms with Crippen LogP contribution in [-0.4, -0.2) is 29.6 Å². The average molecular weight is 316 g/mol. The highest BCUT2D eigenvalue weighted by Crippen LogP contribution is 2.17. The number of carbonyl (C=O) groups excluding carboxylic acids is 2. The van der Waals surface area contributed by atoms with Gasteiger partial charge in [-0.05, 0) is 36.4 Å². The minimum Gasteiger partial charge on any atom is -0.467 e. The standard InChI is InChI=1S/C18H24N2O3/c1-12(2)17(18(22)23-4)19-16(21)8-10-20-9-7-14-11-13(3)5-6-15(14)20/h5-7,9,11-12,17H,8,10H2,1-4H3,(H,19,21). The maximum absolute atomic E-state index is 12.1. The number of benzene rings is 1. The number of nitrogens with zero attached hydrogens (tertiary/aromatic N) is 1. The molecule has 1 N–H and O–H groups in total. The first-order valence-electron chi connectivity index (χ1n) is 7.85. The number of aryl methyl sites for hydroxylation is 2. The molecule has 2 aromatic rings. The number of hydrogen-bond donors (Lipinski definition) is 1. The molecule has 1 amide bonds. The van der Waals surface area contributed by atoms with Gasteiger partial charge in [-0.15, -0.1) is 0 Å². The van der Waals surface area contributed by atoms with Crippen LogP contribution in [0.15, 0.2) is 30.5 Å². The van der Waals surface area contributed by atoms with E-state index in [9.17, 15) is 9.59 Å². The first-order chi connectivity index (χ1) is 10.9. The van der Waals surface area contributed by atoms with Crippen molar-refractivity contribution in [1.82, 2.24) is 9.88 Å². The Balaban J connectivity index is 1.99. The topological polar surface area (TPSA) is 60.3 Å². The Morgan fingerprint density at radius 3 is 2.65 bits per heavy atom. The summed E-state index contributed by atoms with van der Waals surface area (Å²) in [7, 11) is 1.33. The number of nitrogens with one attached hydrogen (secondary N) is 1. The number of hydrogen-bond acceptors (Lipinski definition) is 3. The first kappa shape index (κ1) is 17.1. The second-order valence-electron chi connectivity index (χ2n) is 6.13. The smallest absolute Gasteiger partial charge is 0.328 e. The van der Waals surface area contributed by atoms with Crippen molar-refractivity contribution in [2.45, 2.75) is 39.8 Å². The first-order valence-corrected chi connectivity index (χ1v) is 7.85. The van der Waals surface area contributed by atoms with Gasteiger partial charge in [0.25, 0.3) is 0 Å². The van der Waals surface area contributed by atoms with Crippen LogP contribution < -0.4 is 5.32 Å². The number of rotatable bonds is 6. The Kier molecular flexibility index (Phi) is 5.42. The second-order valence-corrected chi connectivity index (χ2v) is 6.13. The zero-order chi connectivity index (χ0) is 17.0. The highest BCUT2D eigenvalue weighted by atomic mass is 16.5. The normalized spacial score (nSPS) is 12.4. The predicted octanol–water partition coefficient (Wildman–Crippen LogP) is 2.65. The molecule has 0 fully saturated rings. The van der Waals surface area contributed by atoms with Crippen LogP contribution in [0.1, 0.15) is 25.8 Å². The molecule has 0 aliphatic carbocycles. The molecule has 0 aliphatic heterocycles. The fourth-order valence-electron chi connectivity index (χ4n) is 2.61. The monoisotopic (exact) mass is 316 g/mol. The van der Waals surface area contributed by atoms with Crippen LogP contribution in [0.3, 0.4) is 0 Å². The van der Waals surface area contributed by atoms with Gasteiger partial charge in [-0.25, -0.2) is 4.79 Å². The number of carbonyl (C=O) groups is 2. The molecule has 0 spiro atoms. The van der Waals surface area contributed by atoms with Gasteiger partial charge in [-0.1, -0.05) is 25.5 Å². The molecular formula is C18H24N2O3. The Hall–Kier alpha value is -2.30. The zero-order valence-corrected chi connectivity index (χ0v) is 14.1. The minimum atomic E-state index is -0.600. The van der Waals surface area contributed by atoms with Crippen molar-refractivity contribution in [2.75, 3.05) is 7.11 Å². The van der Waals surface area contributed by atoms with Crippen molar-refractivity contribution >= 4 is 22.8 Å². The third-order valence-electron chi connectivity index (χ3n) is 3.94. The molecule has 0 saturated carbocycles. The lowest BCUT2D eigenvalue weighted by Gasteiger charge is -2.19. The zero-order valence-electron chi connectivity index (χ0n) is 14.1. The molecule has 1 aromatic carbocycles. The van der Waals surface area contributed by atoms with Crippen LogP contribution >= 0.6 is 0 Å². The van der Waals surface area contributed by atoms with Gasteiger partial charge in [0.2, 0.25) is 5.91 Å². The van der Waals surface area contributed by atoms with Gasteiger partial charge in [0.1, 0.15) is 6.04 Å². The number of aromatic nitrogens is 1. The van der Waals surface area contributed by atoms with E-state index in [0.29, 0.717) is 13.0 Å². The molecule has 1 unspecified atom stereocenters. The van der Waals surface area contributed by atoms with E-state index in [2.05, 4.69) is 35.0 Å². The Labute approximate surface area is 136 Å². The lowest BCUT2D eigenvalue weighted by atomic mass is 10.0. The van der Waals surface area contributed by atoms with E-state index in [0.717, 1.165) is 5.52 Å². The van der Waals surface area contributed by atoms with Crippen molar-refractivity contribution in [3.63, 3.8) is 0 Å². The number of amides is 1. The number of ether oxygens (including phenoxy) is 1. The molecule has 1 aromatic heterocycles. The highest BCUT2D eigenvalue weighted by molar-refractivity contribution is 5.85. The van der Waals surface area contributed by atoms with E-state index >= 15 is 0 Å². The van der Waals surface area contributed by atoms with E-state index < -0.39 is 12.0 Å². The Bertz CT molecular complexity index is 703. The van der Waals surface area contributed by atoms with E-state index in [4.69, 9.17) is 4.74 Å². The molecule has 5 nitrogen and oxygen atoms in total. The minimum absolute atomic E-state index is 0.0122. The number of methoxy groups -OCH3 is 1. The van der Waals surface area contributed by atoms with E-state index in [1.807, 2.05) is 26.1 Å². The maximum Gasteiger partial charge on any atom is 0.328 e. The lowest BCUT2D eigenvalue weighted by Crippen LogP contribution is -2.45. The van der Waals surface area contributed by atoms with Crippen LogP contribution in [0.25, 0.3) is 10.9 Å². The summed E-state index contributed by atoms with van der Waals surface area (Å²) in [5, 5.41) is 3.93. The average Bonchev–Trinajstić information content (AvgIpc) is 2.91. The Morgan fingerprint density at radius 1 is 1.26 bits per heavy atom. The maximum atomic E-state index is 12.1. The van der Waals surface area contributed by atoms with Gasteiger partial charge in [0.05, 0.1) is 7.11 Å². The number of fused-ring (bicyclic) bond motifs is 1. The van der Waals surface area contributed by atoms with Crippen molar-refractivity contribution in [1.29, 1.82) is 0 Å². The highest BCUT2D eigenvalue weighted by Gasteiger charge is 2.24. The van der Waals surface area contributed by atoms with Crippen LogP contribution in [-0.2, 0) is 20.9 Å². The summed E-state index contributed by atoms with van der Waals surface area (Å²) in [5.74, 6) is -0.569. The third kappa shape index (κ3) is 4.12. The van der Waals surface area contributed by atoms with Crippen molar-refractivity contribution < 1.29 is 14.3 Å². The molecular weight excluding hydrogens is 292 g/mol. The van der Waals surface area contributed by atoms with Crippen molar-refractivity contribution in [2.24, 2.45) is 5.92 Å². The molecule has 124 valence electrons. The van der Waals surface area contributed by atoms with E-state index in [1.54, 1.807) is 0 Å². The van der Waals surface area contributed by atoms with E-state index in [1.165, 1.54) is 18.1 Å². The van der Waals surface area contributed by atoms with Gasteiger partial charge in [-0.2, -0.15) is 0 Å². The summed E-state index contributed by atoms with van der Waals surface area (Å²) in [6.07, 6.45) is 2.30. The fourth-order valence-corrected chi connectivity index (χ4v) is 2.61. The summed E-state index contributed by atoms with van der Waals surface area (Å²) in [5.41, 5.74) is 2.32. The fraction of sp³-hybridized carbons (Fsp3) is 0.444.